The van der Waals surface area contributed by atoms with Gasteiger partial charge in [-0.2, -0.15) is 0 Å². The van der Waals surface area contributed by atoms with Gasteiger partial charge in [0.05, 0.1) is 0 Å². The average Bonchev–Trinajstić information content (AvgIpc) is 1.35. The van der Waals surface area contributed by atoms with Crippen LogP contribution < -0.4 is 0 Å². The summed E-state index contributed by atoms with van der Waals surface area (Å²) >= 11 is 6.99. The minimum Gasteiger partial charge on any atom is -0.396 e. The summed E-state index contributed by atoms with van der Waals surface area (Å²) in [6, 6.07) is 0. The van der Waals surface area contributed by atoms with Crippen LogP contribution in [0.5, 0.6) is 0 Å². The van der Waals surface area contributed by atoms with Crippen molar-refractivity contribution in [3.05, 3.63) is 0 Å². The van der Waals surface area contributed by atoms with E-state index in [1.165, 1.54) is 0 Å². The SMILES string of the molecule is CO[Si](I)(I)I. The third-order valence-electron chi connectivity index (χ3n) is 0.231. The molecule has 0 heterocycles. The Morgan fingerprint density at radius 1 is 1.33 bits per heavy atom. The van der Waals surface area contributed by atoms with E-state index in [0.717, 1.165) is 0 Å². The van der Waals surface area contributed by atoms with Gasteiger partial charge in [0.2, 0.25) is 0 Å². The molecule has 38 valence electrons. The van der Waals surface area contributed by atoms with Gasteiger partial charge in [0.1, 0.15) is 0 Å². The summed E-state index contributed by atoms with van der Waals surface area (Å²) in [7, 11) is 1.75. The van der Waals surface area contributed by atoms with Crippen molar-refractivity contribution < 1.29 is 4.43 Å². The lowest BCUT2D eigenvalue weighted by molar-refractivity contribution is 0.453. The first-order valence-electron chi connectivity index (χ1n) is 1.18. The molecular weight excluding hydrogens is 437 g/mol. The molecule has 5 heteroatoms. The molecule has 0 aromatic carbocycles. The van der Waals surface area contributed by atoms with Crippen molar-refractivity contribution in [1.82, 2.24) is 0 Å². The Hall–Kier alpha value is 2.37. The zero-order valence-corrected chi connectivity index (χ0v) is 10.5. The van der Waals surface area contributed by atoms with Crippen LogP contribution in [0.2, 0.25) is 0 Å². The van der Waals surface area contributed by atoms with Gasteiger partial charge in [-0.1, -0.05) is 65.4 Å². The molecule has 0 N–H and O–H groups in total. The third-order valence-corrected chi connectivity index (χ3v) is 4.66. The highest BCUT2D eigenvalue weighted by molar-refractivity contribution is 14.4. The quantitative estimate of drug-likeness (QED) is 0.346. The Balaban J connectivity index is 3.17. The summed E-state index contributed by atoms with van der Waals surface area (Å²) in [5.74, 6) is 0. The smallest absolute Gasteiger partial charge is 0.391 e. The molecule has 0 spiro atoms. The second kappa shape index (κ2) is 3.40. The maximum absolute atomic E-state index is 5.04. The first kappa shape index (κ1) is 8.37. The van der Waals surface area contributed by atoms with Crippen LogP contribution in [0.25, 0.3) is 0 Å². The van der Waals surface area contributed by atoms with E-state index in [4.69, 9.17) is 4.43 Å². The van der Waals surface area contributed by atoms with Gasteiger partial charge in [-0.15, -0.1) is 0 Å². The minimum absolute atomic E-state index is 1.22. The van der Waals surface area contributed by atoms with E-state index in [1.54, 1.807) is 7.11 Å². The minimum atomic E-state index is -1.22. The second-order valence-electron chi connectivity index (χ2n) is 0.650. The highest BCUT2D eigenvalue weighted by Crippen LogP contribution is 2.28. The molecule has 0 amide bonds. The van der Waals surface area contributed by atoms with Crippen LogP contribution in [0.4, 0.5) is 0 Å². The molecule has 0 aliphatic rings. The topological polar surface area (TPSA) is 9.23 Å². The summed E-state index contributed by atoms with van der Waals surface area (Å²) in [5, 5.41) is 0. The van der Waals surface area contributed by atoms with Crippen molar-refractivity contribution in [1.29, 1.82) is 0 Å². The van der Waals surface area contributed by atoms with Crippen LogP contribution in [0.3, 0.4) is 0 Å². The molecule has 0 bridgehead atoms. The van der Waals surface area contributed by atoms with Crippen LogP contribution in [0.15, 0.2) is 0 Å². The monoisotopic (exact) mass is 440 g/mol. The highest BCUT2D eigenvalue weighted by atomic mass is 127. The second-order valence-corrected chi connectivity index (χ2v) is 34.2. The van der Waals surface area contributed by atoms with Crippen LogP contribution in [0.1, 0.15) is 0 Å². The van der Waals surface area contributed by atoms with Gasteiger partial charge in [-0.05, 0) is 0 Å². The van der Waals surface area contributed by atoms with Crippen molar-refractivity contribution in [3.8, 4) is 0 Å². The first-order chi connectivity index (χ1) is 2.56. The van der Waals surface area contributed by atoms with E-state index in [9.17, 15) is 0 Å². The summed E-state index contributed by atoms with van der Waals surface area (Å²) in [5.41, 5.74) is 0. The van der Waals surface area contributed by atoms with Crippen LogP contribution in [-0.2, 0) is 4.43 Å². The lowest BCUT2D eigenvalue weighted by Crippen LogP contribution is -2.07. The summed E-state index contributed by atoms with van der Waals surface area (Å²) < 4.78 is 3.82. The van der Waals surface area contributed by atoms with Gasteiger partial charge < -0.3 is 4.43 Å². The molecule has 1 nitrogen and oxygen atoms in total. The molecular formula is CH3I3OSi. The lowest BCUT2D eigenvalue weighted by atomic mass is 11.8. The fraction of sp³-hybridized carbons (Fsp3) is 1.00. The summed E-state index contributed by atoms with van der Waals surface area (Å²) in [6.45, 7) is 0. The van der Waals surface area contributed by atoms with Crippen LogP contribution in [0, 0.1) is 0 Å². The zero-order valence-electron chi connectivity index (χ0n) is 3.04. The van der Waals surface area contributed by atoms with E-state index in [1.807, 2.05) is 0 Å². The molecule has 0 fully saturated rings. The van der Waals surface area contributed by atoms with E-state index in [2.05, 4.69) is 65.4 Å². The van der Waals surface area contributed by atoms with Crippen molar-refractivity contribution in [2.45, 2.75) is 0 Å². The third kappa shape index (κ3) is 6.37. The number of halogens is 3. The molecule has 0 saturated carbocycles. The van der Waals surface area contributed by atoms with Crippen LogP contribution >= 0.6 is 65.4 Å². The van der Waals surface area contributed by atoms with Gasteiger partial charge in [-0.3, -0.25) is 0 Å². The fourth-order valence-electron chi connectivity index (χ4n) is 0. The molecule has 0 rings (SSSR count). The average molecular weight is 440 g/mol. The Morgan fingerprint density at radius 2 is 1.50 bits per heavy atom. The van der Waals surface area contributed by atoms with Gasteiger partial charge >= 0.3 is 0.807 Å². The first-order valence-corrected chi connectivity index (χ1v) is 12.4. The predicted octanol–water partition coefficient (Wildman–Crippen LogP) is 2.37. The summed E-state index contributed by atoms with van der Waals surface area (Å²) in [6.07, 6.45) is 0. The number of rotatable bonds is 1. The number of hydrogen-bond donors (Lipinski definition) is 0. The molecule has 0 aromatic rings. The maximum Gasteiger partial charge on any atom is 0.391 e. The Morgan fingerprint density at radius 3 is 1.50 bits per heavy atom. The Bertz CT molecular complexity index is 40.5. The normalized spacial score (nSPS) is 12.0. The van der Waals surface area contributed by atoms with Crippen LogP contribution in [-0.4, -0.2) is 7.92 Å². The number of hydrogen-bond acceptors (Lipinski definition) is 1. The van der Waals surface area contributed by atoms with Crippen molar-refractivity contribution in [2.75, 3.05) is 7.11 Å². The predicted molar refractivity (Wildman–Crippen MR) is 54.8 cm³/mol. The highest BCUT2D eigenvalue weighted by Gasteiger charge is 2.20. The molecule has 0 aromatic heterocycles. The van der Waals surface area contributed by atoms with Crippen molar-refractivity contribution >= 4 is 66.2 Å². The Labute approximate surface area is 76.4 Å². The van der Waals surface area contributed by atoms with Crippen molar-refractivity contribution in [2.24, 2.45) is 0 Å². The molecule has 0 aliphatic heterocycles. The molecule has 0 aliphatic carbocycles. The van der Waals surface area contributed by atoms with E-state index in [-0.39, 0.29) is 0 Å². The van der Waals surface area contributed by atoms with Gasteiger partial charge in [0.25, 0.3) is 0 Å². The van der Waals surface area contributed by atoms with E-state index >= 15 is 0 Å². The summed E-state index contributed by atoms with van der Waals surface area (Å²) in [4.78, 5) is 0. The largest absolute Gasteiger partial charge is 0.396 e. The molecule has 0 atom stereocenters. The van der Waals surface area contributed by atoms with Gasteiger partial charge in [0.15, 0.2) is 0 Å². The van der Waals surface area contributed by atoms with Gasteiger partial charge in [0, 0.05) is 7.11 Å². The van der Waals surface area contributed by atoms with Gasteiger partial charge in [-0.25, -0.2) is 0 Å². The standard InChI is InChI=1S/CH3I3OSi/c1-5-6(2,3)4/h1H3. The maximum atomic E-state index is 5.04. The lowest BCUT2D eigenvalue weighted by Gasteiger charge is -2.02. The molecule has 6 heavy (non-hydrogen) atoms. The van der Waals surface area contributed by atoms with E-state index < -0.39 is 0.807 Å². The van der Waals surface area contributed by atoms with E-state index in [0.29, 0.717) is 0 Å². The molecule has 0 radical (unpaired) electrons. The Kier molecular flexibility index (Phi) is 4.75. The van der Waals surface area contributed by atoms with Crippen molar-refractivity contribution in [3.63, 3.8) is 0 Å². The molecule has 0 unspecified atom stereocenters. The molecule has 0 saturated heterocycles. The fourth-order valence-corrected chi connectivity index (χ4v) is 0. The zero-order chi connectivity index (χ0) is 5.21.